The summed E-state index contributed by atoms with van der Waals surface area (Å²) >= 11 is 0. The van der Waals surface area contributed by atoms with Gasteiger partial charge >= 0.3 is 29.6 Å². The number of nitrogens with zero attached hydrogens (tertiary/aromatic N) is 1. The fourth-order valence-corrected chi connectivity index (χ4v) is 4.28. The number of ketones is 2. The second kappa shape index (κ2) is 8.69. The van der Waals surface area contributed by atoms with Crippen molar-refractivity contribution in [3.63, 3.8) is 0 Å². The van der Waals surface area contributed by atoms with Crippen LogP contribution in [0.4, 0.5) is 22.7 Å². The number of nitrogens with two attached hydrogens (primary N) is 1. The maximum Gasteiger partial charge on any atom is 1.00 e. The first-order valence-corrected chi connectivity index (χ1v) is 10.5. The third-order valence-corrected chi connectivity index (χ3v) is 5.97. The van der Waals surface area contributed by atoms with Gasteiger partial charge in [0.15, 0.2) is 11.6 Å². The van der Waals surface area contributed by atoms with E-state index in [1.54, 1.807) is 19.1 Å². The van der Waals surface area contributed by atoms with Crippen molar-refractivity contribution in [3.8, 4) is 0 Å². The minimum Gasteiger partial charge on any atom is -0.744 e. The van der Waals surface area contributed by atoms with E-state index in [4.69, 9.17) is 5.73 Å². The number of anilines is 3. The Morgan fingerprint density at radius 2 is 1.52 bits per heavy atom. The molecule has 0 aromatic heterocycles. The van der Waals surface area contributed by atoms with E-state index in [0.717, 1.165) is 6.07 Å². The Bertz CT molecular complexity index is 1470. The zero-order chi connectivity index (χ0) is 23.4. The van der Waals surface area contributed by atoms with E-state index in [9.17, 15) is 32.7 Å². The molecule has 0 atom stereocenters. The van der Waals surface area contributed by atoms with Crippen molar-refractivity contribution in [2.24, 2.45) is 0 Å². The molecule has 12 heteroatoms. The van der Waals surface area contributed by atoms with Crippen LogP contribution in [-0.4, -0.2) is 29.5 Å². The Morgan fingerprint density at radius 1 is 0.939 bits per heavy atom. The molecule has 0 heterocycles. The van der Waals surface area contributed by atoms with E-state index >= 15 is 0 Å². The smallest absolute Gasteiger partial charge is 0.744 e. The number of aryl methyl sites for hydroxylation is 1. The number of benzene rings is 3. The summed E-state index contributed by atoms with van der Waals surface area (Å²) in [4.78, 5) is 36.3. The van der Waals surface area contributed by atoms with Crippen LogP contribution in [0.2, 0.25) is 0 Å². The Morgan fingerprint density at radius 3 is 2.06 bits per heavy atom. The van der Waals surface area contributed by atoms with Gasteiger partial charge < -0.3 is 15.6 Å². The normalized spacial score (nSPS) is 12.4. The molecule has 162 valence electrons. The Hall–Kier alpha value is -3.09. The monoisotopic (exact) mass is 475 g/mol. The fourth-order valence-electron chi connectivity index (χ4n) is 3.64. The molecule has 1 aliphatic carbocycles. The number of fused-ring (bicyclic) bond motifs is 2. The molecule has 3 aromatic carbocycles. The molecule has 4 rings (SSSR count). The summed E-state index contributed by atoms with van der Waals surface area (Å²) in [7, 11) is -5.15. The van der Waals surface area contributed by atoms with Gasteiger partial charge in [-0.2, -0.15) is 0 Å². The third-order valence-electron chi connectivity index (χ3n) is 5.09. The van der Waals surface area contributed by atoms with E-state index < -0.39 is 42.8 Å². The third kappa shape index (κ3) is 4.16. The molecule has 0 fully saturated rings. The summed E-state index contributed by atoms with van der Waals surface area (Å²) < 4.78 is 35.5. The predicted octanol–water partition coefficient (Wildman–Crippen LogP) is -0.0875. The Labute approximate surface area is 210 Å². The molecule has 1 aliphatic rings. The van der Waals surface area contributed by atoms with Gasteiger partial charge in [-0.3, -0.25) is 19.7 Å². The molecule has 33 heavy (non-hydrogen) atoms. The van der Waals surface area contributed by atoms with Crippen molar-refractivity contribution < 1.29 is 57.0 Å². The average Bonchev–Trinajstić information content (AvgIpc) is 2.73. The van der Waals surface area contributed by atoms with Crippen LogP contribution in [0.25, 0.3) is 0 Å². The van der Waals surface area contributed by atoms with Crippen LogP contribution in [-0.2, 0) is 10.1 Å². The molecule has 0 bridgehead atoms. The maximum atomic E-state index is 13.2. The van der Waals surface area contributed by atoms with Crippen LogP contribution < -0.4 is 40.6 Å². The molecule has 0 unspecified atom stereocenters. The van der Waals surface area contributed by atoms with E-state index in [2.05, 4.69) is 5.32 Å². The number of hydrogen-bond acceptors (Lipinski definition) is 9. The van der Waals surface area contributed by atoms with Gasteiger partial charge in [0.1, 0.15) is 15.8 Å². The molecule has 0 aliphatic heterocycles. The van der Waals surface area contributed by atoms with Gasteiger partial charge in [0.25, 0.3) is 5.69 Å². The second-order valence-electron chi connectivity index (χ2n) is 7.15. The first-order valence-electron chi connectivity index (χ1n) is 9.13. The number of carbonyl (C=O) groups is 2. The Kier molecular flexibility index (Phi) is 6.46. The SMILES string of the molecule is Cc1ccc(Nc2cc(S(=O)(=O)[O-])c(N)c3c2C(=O)c2ccccc2C3=O)c([N+](=O)[O-])c1.[Na+]. The van der Waals surface area contributed by atoms with Gasteiger partial charge in [0, 0.05) is 17.2 Å². The quantitative estimate of drug-likeness (QED) is 0.134. The van der Waals surface area contributed by atoms with Gasteiger partial charge in [0.05, 0.1) is 32.3 Å². The second-order valence-corrected chi connectivity index (χ2v) is 8.49. The number of nitrogens with one attached hydrogen (secondary N) is 1. The molecule has 0 radical (unpaired) electrons. The molecular weight excluding hydrogens is 461 g/mol. The van der Waals surface area contributed by atoms with Gasteiger partial charge in [-0.1, -0.05) is 30.3 Å². The first-order chi connectivity index (χ1) is 15.0. The molecule has 0 saturated heterocycles. The Balaban J connectivity index is 0.00000306. The zero-order valence-corrected chi connectivity index (χ0v) is 20.2. The maximum absolute atomic E-state index is 13.2. The fraction of sp³-hybridized carbons (Fsp3) is 0.0476. The summed E-state index contributed by atoms with van der Waals surface area (Å²) in [5.74, 6) is -1.38. The van der Waals surface area contributed by atoms with E-state index in [1.807, 2.05) is 0 Å². The predicted molar refractivity (Wildman–Crippen MR) is 113 cm³/mol. The largest absolute Gasteiger partial charge is 1.00 e. The van der Waals surface area contributed by atoms with Gasteiger partial charge in [-0.25, -0.2) is 8.42 Å². The molecule has 3 aromatic rings. The summed E-state index contributed by atoms with van der Waals surface area (Å²) in [5, 5.41) is 14.1. The van der Waals surface area contributed by atoms with Gasteiger partial charge in [-0.05, 0) is 24.6 Å². The van der Waals surface area contributed by atoms with Gasteiger partial charge in [0.2, 0.25) is 0 Å². The summed E-state index contributed by atoms with van der Waals surface area (Å²) in [5.41, 5.74) is 4.49. The van der Waals surface area contributed by atoms with Gasteiger partial charge in [-0.15, -0.1) is 0 Å². The van der Waals surface area contributed by atoms with Crippen molar-refractivity contribution in [3.05, 3.63) is 86.5 Å². The van der Waals surface area contributed by atoms with Crippen molar-refractivity contribution >= 4 is 44.4 Å². The van der Waals surface area contributed by atoms with Crippen molar-refractivity contribution in [1.29, 1.82) is 0 Å². The van der Waals surface area contributed by atoms with Crippen LogP contribution in [0.1, 0.15) is 37.4 Å². The standard InChI is InChI=1S/C21H15N3O7S.Na/c1-10-6-7-13(15(8-10)24(27)28)23-14-9-16(32(29,30)31)19(22)18-17(14)20(25)11-4-2-3-5-12(11)21(18)26;/h2-9,23H,22H2,1H3,(H,29,30,31);/q;+1/p-1. The topological polar surface area (TPSA) is 173 Å². The van der Waals surface area contributed by atoms with E-state index in [-0.39, 0.29) is 63.3 Å². The van der Waals surface area contributed by atoms with Crippen molar-refractivity contribution in [2.45, 2.75) is 11.8 Å². The number of hydrogen-bond donors (Lipinski definition) is 2. The first kappa shape index (κ1) is 24.6. The molecule has 0 saturated carbocycles. The number of rotatable bonds is 4. The molecule has 3 N–H and O–H groups in total. The summed E-state index contributed by atoms with van der Waals surface area (Å²) in [6.45, 7) is 1.64. The van der Waals surface area contributed by atoms with Crippen LogP contribution in [0.5, 0.6) is 0 Å². The molecule has 10 nitrogen and oxygen atoms in total. The molecular formula is C21H14N3NaO7S. The molecule has 0 spiro atoms. The minimum absolute atomic E-state index is 0. The van der Waals surface area contributed by atoms with Crippen LogP contribution in [0.3, 0.4) is 0 Å². The number of carbonyl (C=O) groups excluding carboxylic acids is 2. The van der Waals surface area contributed by atoms with Crippen molar-refractivity contribution in [1.82, 2.24) is 0 Å². The van der Waals surface area contributed by atoms with E-state index in [1.165, 1.54) is 30.3 Å². The van der Waals surface area contributed by atoms with Crippen LogP contribution in [0.15, 0.2) is 53.4 Å². The number of nitro groups is 1. The minimum atomic E-state index is -5.15. The summed E-state index contributed by atoms with van der Waals surface area (Å²) in [6.07, 6.45) is 0. The van der Waals surface area contributed by atoms with Crippen LogP contribution in [0, 0.1) is 17.0 Å². The average molecular weight is 475 g/mol. The number of nitro benzene ring substituents is 1. The van der Waals surface area contributed by atoms with E-state index in [0.29, 0.717) is 5.56 Å². The van der Waals surface area contributed by atoms with Crippen LogP contribution >= 0.6 is 0 Å². The number of nitrogen functional groups attached to an aromatic ring is 1. The zero-order valence-electron chi connectivity index (χ0n) is 17.4. The van der Waals surface area contributed by atoms with Crippen molar-refractivity contribution in [2.75, 3.05) is 11.1 Å². The molecule has 0 amide bonds. The summed E-state index contributed by atoms with van der Waals surface area (Å²) in [6, 6.07) is 10.9.